The normalized spacial score (nSPS) is 25.8. The van der Waals surface area contributed by atoms with Crippen molar-refractivity contribution in [1.82, 2.24) is 15.5 Å². The number of ether oxygens (including phenoxy) is 1. The Bertz CT molecular complexity index is 799. The molecule has 3 aliphatic rings. The van der Waals surface area contributed by atoms with E-state index < -0.39 is 54.7 Å². The van der Waals surface area contributed by atoms with Crippen LogP contribution in [0.15, 0.2) is 0 Å². The predicted molar refractivity (Wildman–Crippen MR) is 107 cm³/mol. The molecule has 0 radical (unpaired) electrons. The number of alkyl halides is 3. The van der Waals surface area contributed by atoms with Gasteiger partial charge in [0.25, 0.3) is 5.91 Å². The van der Waals surface area contributed by atoms with E-state index in [9.17, 15) is 37.5 Å². The van der Waals surface area contributed by atoms with Gasteiger partial charge in [0.15, 0.2) is 5.78 Å². The number of carbonyl (C=O) groups excluding carboxylic acids is 4. The molecule has 3 amide bonds. The number of carbonyl (C=O) groups is 4. The van der Waals surface area contributed by atoms with E-state index in [1.807, 2.05) is 0 Å². The number of halogens is 3. The molecule has 4 atom stereocenters. The fourth-order valence-corrected chi connectivity index (χ4v) is 4.46. The maximum atomic E-state index is 13.1. The molecule has 9 nitrogen and oxygen atoms in total. The molecule has 0 bridgehead atoms. The largest absolute Gasteiger partial charge is 0.522 e. The van der Waals surface area contributed by atoms with E-state index in [0.717, 1.165) is 12.8 Å². The van der Waals surface area contributed by atoms with E-state index in [2.05, 4.69) is 15.4 Å². The van der Waals surface area contributed by atoms with Crippen LogP contribution < -0.4 is 10.6 Å². The second kappa shape index (κ2) is 9.57. The summed E-state index contributed by atoms with van der Waals surface area (Å²) >= 11 is 0. The SMILES string of the molecule is CC(C)[C@H](O)C(=O)N1CC2(CC2)C[C@H]1C(=O)N[C@@H](C[C@@H]1CCNC1=O)C(=O)COC(F)(F)F. The van der Waals surface area contributed by atoms with Crippen LogP contribution >= 0.6 is 0 Å². The third kappa shape index (κ3) is 6.23. The summed E-state index contributed by atoms with van der Waals surface area (Å²) in [4.78, 5) is 51.7. The molecule has 2 heterocycles. The molecule has 3 fully saturated rings. The van der Waals surface area contributed by atoms with Gasteiger partial charge in [-0.15, -0.1) is 13.2 Å². The van der Waals surface area contributed by atoms with E-state index in [4.69, 9.17) is 0 Å². The average Bonchev–Trinajstić information content (AvgIpc) is 3.19. The molecule has 0 unspecified atom stereocenters. The number of amides is 3. The van der Waals surface area contributed by atoms with Gasteiger partial charge in [-0.1, -0.05) is 13.8 Å². The molecule has 1 spiro atoms. The lowest BCUT2D eigenvalue weighted by molar-refractivity contribution is -0.321. The smallest absolute Gasteiger partial charge is 0.383 e. The third-order valence-corrected chi connectivity index (χ3v) is 6.70. The summed E-state index contributed by atoms with van der Waals surface area (Å²) in [5.74, 6) is -3.64. The molecule has 0 aromatic carbocycles. The van der Waals surface area contributed by atoms with Gasteiger partial charge in [-0.05, 0) is 43.4 Å². The second-order valence-corrected chi connectivity index (χ2v) is 9.65. The third-order valence-electron chi connectivity index (χ3n) is 6.70. The van der Waals surface area contributed by atoms with Crippen molar-refractivity contribution in [2.45, 2.75) is 70.5 Å². The van der Waals surface area contributed by atoms with Gasteiger partial charge in [0.05, 0.1) is 6.04 Å². The quantitative estimate of drug-likeness (QED) is 0.444. The zero-order valence-corrected chi connectivity index (χ0v) is 18.6. The topological polar surface area (TPSA) is 125 Å². The number of rotatable bonds is 9. The molecule has 0 aromatic heterocycles. The van der Waals surface area contributed by atoms with Gasteiger partial charge < -0.3 is 20.6 Å². The van der Waals surface area contributed by atoms with Crippen molar-refractivity contribution in [3.63, 3.8) is 0 Å². The Hall–Kier alpha value is -2.21. The molecule has 1 saturated carbocycles. The highest BCUT2D eigenvalue weighted by Crippen LogP contribution is 2.55. The van der Waals surface area contributed by atoms with Crippen LogP contribution in [0, 0.1) is 17.3 Å². The number of nitrogens with zero attached hydrogens (tertiary/aromatic N) is 1. The van der Waals surface area contributed by atoms with Gasteiger partial charge in [0.2, 0.25) is 11.8 Å². The summed E-state index contributed by atoms with van der Waals surface area (Å²) in [5, 5.41) is 15.3. The molecule has 2 saturated heterocycles. The summed E-state index contributed by atoms with van der Waals surface area (Å²) in [6, 6.07) is -2.33. The molecular formula is C21H30F3N3O6. The Morgan fingerprint density at radius 1 is 1.30 bits per heavy atom. The molecule has 186 valence electrons. The molecule has 3 N–H and O–H groups in total. The minimum atomic E-state index is -5.02. The summed E-state index contributed by atoms with van der Waals surface area (Å²) in [6.45, 7) is 2.71. The molecule has 33 heavy (non-hydrogen) atoms. The Kier molecular flexibility index (Phi) is 7.37. The molecule has 2 aliphatic heterocycles. The molecule has 12 heteroatoms. The maximum absolute atomic E-state index is 13.1. The lowest BCUT2D eigenvalue weighted by Crippen LogP contribution is -2.54. The highest BCUT2D eigenvalue weighted by atomic mass is 19.4. The lowest BCUT2D eigenvalue weighted by Gasteiger charge is -2.29. The first kappa shape index (κ1) is 25.4. The lowest BCUT2D eigenvalue weighted by atomic mass is 9.95. The fraction of sp³-hybridized carbons (Fsp3) is 0.810. The number of nitrogens with one attached hydrogen (secondary N) is 2. The average molecular weight is 477 g/mol. The van der Waals surface area contributed by atoms with Crippen LogP contribution in [0.3, 0.4) is 0 Å². The zero-order chi connectivity index (χ0) is 24.6. The van der Waals surface area contributed by atoms with E-state index in [1.165, 1.54) is 4.90 Å². The first-order valence-corrected chi connectivity index (χ1v) is 11.1. The molecule has 1 aliphatic carbocycles. The van der Waals surface area contributed by atoms with Gasteiger partial charge in [0, 0.05) is 19.0 Å². The minimum Gasteiger partial charge on any atom is -0.383 e. The summed E-state index contributed by atoms with van der Waals surface area (Å²) in [6.07, 6.45) is -4.11. The van der Waals surface area contributed by atoms with Gasteiger partial charge in [-0.3, -0.25) is 23.9 Å². The van der Waals surface area contributed by atoms with Crippen molar-refractivity contribution in [2.75, 3.05) is 19.7 Å². The first-order valence-electron chi connectivity index (χ1n) is 11.1. The molecule has 3 rings (SSSR count). The van der Waals surface area contributed by atoms with Crippen LogP contribution in [-0.2, 0) is 23.9 Å². The van der Waals surface area contributed by atoms with E-state index in [1.54, 1.807) is 13.8 Å². The van der Waals surface area contributed by atoms with Gasteiger partial charge in [-0.2, -0.15) is 0 Å². The monoisotopic (exact) mass is 477 g/mol. The van der Waals surface area contributed by atoms with Crippen molar-refractivity contribution in [1.29, 1.82) is 0 Å². The van der Waals surface area contributed by atoms with Gasteiger partial charge in [-0.25, -0.2) is 0 Å². The summed E-state index contributed by atoms with van der Waals surface area (Å²) < 4.78 is 40.9. The summed E-state index contributed by atoms with van der Waals surface area (Å²) in [5.41, 5.74) is -0.210. The zero-order valence-electron chi connectivity index (χ0n) is 18.6. The second-order valence-electron chi connectivity index (χ2n) is 9.65. The minimum absolute atomic E-state index is 0.169. The number of hydrogen-bond acceptors (Lipinski definition) is 6. The van der Waals surface area contributed by atoms with Crippen LogP contribution in [0.2, 0.25) is 0 Å². The van der Waals surface area contributed by atoms with Crippen molar-refractivity contribution >= 4 is 23.5 Å². The van der Waals surface area contributed by atoms with Crippen LogP contribution in [0.4, 0.5) is 13.2 Å². The first-order chi connectivity index (χ1) is 15.3. The van der Waals surface area contributed by atoms with Crippen LogP contribution in [0.5, 0.6) is 0 Å². The molecular weight excluding hydrogens is 447 g/mol. The Morgan fingerprint density at radius 3 is 2.48 bits per heavy atom. The predicted octanol–water partition coefficient (Wildman–Crippen LogP) is 0.501. The number of hydrogen-bond donors (Lipinski definition) is 3. The van der Waals surface area contributed by atoms with Gasteiger partial charge in [0.1, 0.15) is 18.8 Å². The Labute approximate surface area is 189 Å². The van der Waals surface area contributed by atoms with E-state index in [0.29, 0.717) is 25.9 Å². The summed E-state index contributed by atoms with van der Waals surface area (Å²) in [7, 11) is 0. The van der Waals surface area contributed by atoms with E-state index in [-0.39, 0.29) is 23.7 Å². The van der Waals surface area contributed by atoms with Crippen LogP contribution in [0.25, 0.3) is 0 Å². The maximum Gasteiger partial charge on any atom is 0.522 e. The van der Waals surface area contributed by atoms with Gasteiger partial charge >= 0.3 is 6.36 Å². The Balaban J connectivity index is 1.74. The van der Waals surface area contributed by atoms with Crippen molar-refractivity contribution in [3.8, 4) is 0 Å². The highest BCUT2D eigenvalue weighted by molar-refractivity contribution is 5.95. The highest BCUT2D eigenvalue weighted by Gasteiger charge is 2.56. The number of likely N-dealkylation sites (tertiary alicyclic amines) is 1. The van der Waals surface area contributed by atoms with Crippen molar-refractivity contribution in [2.24, 2.45) is 17.3 Å². The number of aliphatic hydroxyl groups excluding tert-OH is 1. The van der Waals surface area contributed by atoms with Crippen LogP contribution in [-0.4, -0.2) is 77.8 Å². The van der Waals surface area contributed by atoms with Crippen molar-refractivity contribution < 1.29 is 42.2 Å². The standard InChI is InChI=1S/C21H30F3N3O6/c1-11(2)16(29)19(32)27-10-20(4-5-20)8-14(27)18(31)26-13(7-12-3-6-25-17(12)30)15(28)9-33-21(22,23)24/h11-14,16,29H,3-10H2,1-2H3,(H,25,30)(H,26,31)/t12-,13-,14-,16-/m0/s1. The van der Waals surface area contributed by atoms with E-state index >= 15 is 0 Å². The molecule has 0 aromatic rings. The number of ketones is 1. The Morgan fingerprint density at radius 2 is 1.97 bits per heavy atom. The number of Topliss-reactive ketones (excluding diaryl/α,β-unsaturated/α-hetero) is 1. The number of aliphatic hydroxyl groups is 1. The fourth-order valence-electron chi connectivity index (χ4n) is 4.46. The van der Waals surface area contributed by atoms with Crippen molar-refractivity contribution in [3.05, 3.63) is 0 Å². The van der Waals surface area contributed by atoms with Crippen LogP contribution in [0.1, 0.15) is 46.0 Å².